The van der Waals surface area contributed by atoms with Gasteiger partial charge in [-0.1, -0.05) is 123 Å². The number of allylic oxidation sites excluding steroid dienone is 2. The minimum absolute atomic E-state index is 0.0259. The van der Waals surface area contributed by atoms with Crippen molar-refractivity contribution in [3.8, 4) is 44.6 Å². The predicted molar refractivity (Wildman–Crippen MR) is 184 cm³/mol. The monoisotopic (exact) mass is 565 g/mol. The molecule has 0 fully saturated rings. The molecule has 5 aromatic carbocycles. The van der Waals surface area contributed by atoms with E-state index in [4.69, 9.17) is 4.98 Å². The highest BCUT2D eigenvalue weighted by Gasteiger charge is 2.35. The molecule has 210 valence electrons. The SMILES string of the molecule is CC1(C)c2ccccc2-c2cc(-c3ccc(-c4cccc(-c5nc6c(c7ccccc57)NC5C=CC=CN65)c4)cc3)ccc21. The molecular formula is C41H31N3. The van der Waals surface area contributed by atoms with Crippen LogP contribution in [0.5, 0.6) is 0 Å². The summed E-state index contributed by atoms with van der Waals surface area (Å²) in [5.41, 5.74) is 13.6. The molecule has 3 heteroatoms. The molecule has 1 aromatic heterocycles. The van der Waals surface area contributed by atoms with Crippen molar-refractivity contribution in [1.29, 1.82) is 0 Å². The van der Waals surface area contributed by atoms with E-state index >= 15 is 0 Å². The van der Waals surface area contributed by atoms with E-state index in [1.165, 1.54) is 49.9 Å². The third kappa shape index (κ3) is 3.66. The van der Waals surface area contributed by atoms with Crippen LogP contribution in [0.25, 0.3) is 55.4 Å². The van der Waals surface area contributed by atoms with Gasteiger partial charge in [0.25, 0.3) is 0 Å². The molecule has 44 heavy (non-hydrogen) atoms. The molecule has 1 atom stereocenters. The Hall–Kier alpha value is -5.41. The summed E-state index contributed by atoms with van der Waals surface area (Å²) in [6.07, 6.45) is 8.52. The highest BCUT2D eigenvalue weighted by atomic mass is 15.4. The number of hydrogen-bond donors (Lipinski definition) is 1. The standard InChI is InChI=1S/C41H31N3/c1-41(2)35-15-6-5-12-31(35)34-25-29(21-22-36(34)41)27-19-17-26(18-20-27)28-10-9-11-30(24-28)38-32-13-3-4-14-33(32)39-40(43-38)44-23-8-7-16-37(44)42-39/h3-25,37,42H,1-2H3. The minimum atomic E-state index is 0.0259. The summed E-state index contributed by atoms with van der Waals surface area (Å²) in [6, 6.07) is 42.2. The molecule has 1 unspecified atom stereocenters. The van der Waals surface area contributed by atoms with E-state index in [0.717, 1.165) is 28.1 Å². The fraction of sp³-hybridized carbons (Fsp3) is 0.0976. The molecule has 0 spiro atoms. The third-order valence-corrected chi connectivity index (χ3v) is 9.65. The van der Waals surface area contributed by atoms with E-state index in [0.29, 0.717) is 0 Å². The van der Waals surface area contributed by atoms with Crippen molar-refractivity contribution in [2.45, 2.75) is 25.4 Å². The Labute approximate surface area is 257 Å². The van der Waals surface area contributed by atoms with E-state index in [1.54, 1.807) is 0 Å². The Kier molecular flexibility index (Phi) is 5.31. The van der Waals surface area contributed by atoms with E-state index in [1.807, 2.05) is 0 Å². The highest BCUT2D eigenvalue weighted by molar-refractivity contribution is 6.07. The number of pyridine rings is 1. The first-order chi connectivity index (χ1) is 21.6. The lowest BCUT2D eigenvalue weighted by atomic mass is 9.82. The van der Waals surface area contributed by atoms with Crippen molar-refractivity contribution >= 4 is 22.3 Å². The Balaban J connectivity index is 1.08. The molecule has 9 rings (SSSR count). The molecule has 0 saturated carbocycles. The smallest absolute Gasteiger partial charge is 0.159 e. The maximum atomic E-state index is 5.26. The Bertz CT molecular complexity index is 2190. The van der Waals surface area contributed by atoms with E-state index in [-0.39, 0.29) is 11.6 Å². The van der Waals surface area contributed by atoms with Crippen LogP contribution >= 0.6 is 0 Å². The summed E-state index contributed by atoms with van der Waals surface area (Å²) in [5.74, 6) is 0.972. The molecule has 2 aliphatic heterocycles. The fourth-order valence-corrected chi connectivity index (χ4v) is 7.37. The van der Waals surface area contributed by atoms with Crippen LogP contribution in [0.2, 0.25) is 0 Å². The average Bonchev–Trinajstić information content (AvgIpc) is 3.57. The van der Waals surface area contributed by atoms with Gasteiger partial charge in [0.05, 0.1) is 11.4 Å². The lowest BCUT2D eigenvalue weighted by Crippen LogP contribution is -2.30. The van der Waals surface area contributed by atoms with Crippen LogP contribution in [0.4, 0.5) is 11.5 Å². The second kappa shape index (κ2) is 9.29. The molecule has 0 saturated heterocycles. The van der Waals surface area contributed by atoms with Gasteiger partial charge in [0.1, 0.15) is 6.17 Å². The minimum Gasteiger partial charge on any atom is -0.358 e. The largest absolute Gasteiger partial charge is 0.358 e. The molecule has 3 nitrogen and oxygen atoms in total. The van der Waals surface area contributed by atoms with Gasteiger partial charge in [0.2, 0.25) is 0 Å². The van der Waals surface area contributed by atoms with Gasteiger partial charge in [-0.3, -0.25) is 0 Å². The molecule has 0 amide bonds. The first-order valence-corrected chi connectivity index (χ1v) is 15.3. The van der Waals surface area contributed by atoms with Crippen molar-refractivity contribution in [1.82, 2.24) is 4.98 Å². The van der Waals surface area contributed by atoms with E-state index < -0.39 is 0 Å². The maximum absolute atomic E-state index is 5.26. The molecule has 1 aliphatic carbocycles. The molecular weight excluding hydrogens is 534 g/mol. The zero-order chi connectivity index (χ0) is 29.4. The van der Waals surface area contributed by atoms with Gasteiger partial charge in [0, 0.05) is 28.0 Å². The number of hydrogen-bond acceptors (Lipinski definition) is 3. The van der Waals surface area contributed by atoms with Crippen LogP contribution in [0.15, 0.2) is 140 Å². The van der Waals surface area contributed by atoms with Gasteiger partial charge in [-0.25, -0.2) is 4.98 Å². The quantitative estimate of drug-likeness (QED) is 0.231. The molecule has 6 aromatic rings. The summed E-state index contributed by atoms with van der Waals surface area (Å²) >= 11 is 0. The van der Waals surface area contributed by atoms with E-state index in [2.05, 4.69) is 164 Å². The lowest BCUT2D eigenvalue weighted by molar-refractivity contribution is 0.660. The number of fused-ring (bicyclic) bond motifs is 8. The molecule has 0 bridgehead atoms. The predicted octanol–water partition coefficient (Wildman–Crippen LogP) is 10.2. The number of anilines is 2. The summed E-state index contributed by atoms with van der Waals surface area (Å²) in [5, 5.41) is 6.01. The van der Waals surface area contributed by atoms with Crippen molar-refractivity contribution in [3.63, 3.8) is 0 Å². The van der Waals surface area contributed by atoms with Gasteiger partial charge < -0.3 is 10.2 Å². The van der Waals surface area contributed by atoms with E-state index in [9.17, 15) is 0 Å². The highest BCUT2D eigenvalue weighted by Crippen LogP contribution is 2.49. The number of nitrogens with zero attached hydrogens (tertiary/aromatic N) is 2. The van der Waals surface area contributed by atoms with Crippen molar-refractivity contribution < 1.29 is 0 Å². The normalized spacial score (nSPS) is 16.8. The summed E-state index contributed by atoms with van der Waals surface area (Å²) in [4.78, 5) is 7.47. The summed E-state index contributed by atoms with van der Waals surface area (Å²) in [6.45, 7) is 4.66. The second-order valence-corrected chi connectivity index (χ2v) is 12.5. The zero-order valence-electron chi connectivity index (χ0n) is 24.8. The number of benzene rings is 5. The van der Waals surface area contributed by atoms with Gasteiger partial charge in [-0.05, 0) is 68.8 Å². The Morgan fingerprint density at radius 3 is 2.14 bits per heavy atom. The van der Waals surface area contributed by atoms with Gasteiger partial charge in [-0.2, -0.15) is 0 Å². The zero-order valence-corrected chi connectivity index (χ0v) is 24.8. The van der Waals surface area contributed by atoms with Gasteiger partial charge >= 0.3 is 0 Å². The van der Waals surface area contributed by atoms with Crippen LogP contribution in [-0.2, 0) is 5.41 Å². The van der Waals surface area contributed by atoms with Crippen LogP contribution in [0.1, 0.15) is 25.0 Å². The molecule has 3 aliphatic rings. The maximum Gasteiger partial charge on any atom is 0.159 e. The van der Waals surface area contributed by atoms with Crippen LogP contribution in [-0.4, -0.2) is 11.1 Å². The lowest BCUT2D eigenvalue weighted by Gasteiger charge is -2.21. The number of rotatable bonds is 3. The third-order valence-electron chi connectivity index (χ3n) is 9.65. The molecule has 3 heterocycles. The Morgan fingerprint density at radius 1 is 0.614 bits per heavy atom. The van der Waals surface area contributed by atoms with Gasteiger partial charge in [0.15, 0.2) is 5.82 Å². The van der Waals surface area contributed by atoms with Crippen LogP contribution in [0.3, 0.4) is 0 Å². The topological polar surface area (TPSA) is 28.2 Å². The van der Waals surface area contributed by atoms with Crippen LogP contribution in [0, 0.1) is 0 Å². The van der Waals surface area contributed by atoms with Gasteiger partial charge in [-0.15, -0.1) is 0 Å². The van der Waals surface area contributed by atoms with Crippen molar-refractivity contribution in [2.24, 2.45) is 0 Å². The molecule has 1 N–H and O–H groups in total. The summed E-state index contributed by atoms with van der Waals surface area (Å²) < 4.78 is 0. The number of nitrogens with one attached hydrogen (secondary N) is 1. The fourth-order valence-electron chi connectivity index (χ4n) is 7.37. The first-order valence-electron chi connectivity index (χ1n) is 15.3. The first kappa shape index (κ1) is 25.1. The van der Waals surface area contributed by atoms with Crippen molar-refractivity contribution in [2.75, 3.05) is 10.2 Å². The molecule has 0 radical (unpaired) electrons. The average molecular weight is 566 g/mol. The van der Waals surface area contributed by atoms with Crippen molar-refractivity contribution in [3.05, 3.63) is 151 Å². The van der Waals surface area contributed by atoms with Crippen LogP contribution < -0.4 is 10.2 Å². The number of aromatic nitrogens is 1. The second-order valence-electron chi connectivity index (χ2n) is 12.5. The summed E-state index contributed by atoms with van der Waals surface area (Å²) in [7, 11) is 0. The Morgan fingerprint density at radius 2 is 1.30 bits per heavy atom.